The molecule has 0 N–H and O–H groups in total. The first-order valence-corrected chi connectivity index (χ1v) is 9.08. The summed E-state index contributed by atoms with van der Waals surface area (Å²) < 4.78 is 2.40. The molecule has 0 aromatic heterocycles. The second-order valence-electron chi connectivity index (χ2n) is 7.35. The fourth-order valence-corrected chi connectivity index (χ4v) is 4.35. The van der Waals surface area contributed by atoms with Gasteiger partial charge in [0.1, 0.15) is 0 Å². The van der Waals surface area contributed by atoms with Crippen LogP contribution in [0.3, 0.4) is 0 Å². The number of rotatable bonds is 6. The Labute approximate surface area is 130 Å². The van der Waals surface area contributed by atoms with E-state index in [1.165, 1.54) is 52.1 Å². The Kier molecular flexibility index (Phi) is 5.80. The molecule has 2 saturated heterocycles. The summed E-state index contributed by atoms with van der Waals surface area (Å²) in [5.41, 5.74) is 0.680. The minimum Gasteiger partial charge on any atom is -0.302 e. The van der Waals surface area contributed by atoms with Crippen LogP contribution in [0.15, 0.2) is 0 Å². The van der Waals surface area contributed by atoms with E-state index in [1.807, 2.05) is 11.9 Å². The molecule has 0 atom stereocenters. The molecule has 2 aliphatic heterocycles. The number of piperidine rings is 1. The molecule has 118 valence electrons. The normalized spacial score (nSPS) is 24.0. The molecule has 2 heterocycles. The van der Waals surface area contributed by atoms with Gasteiger partial charge in [-0.1, -0.05) is 25.8 Å². The second kappa shape index (κ2) is 6.99. The fourth-order valence-electron chi connectivity index (χ4n) is 3.44. The molecule has 0 unspecified atom stereocenters. The van der Waals surface area contributed by atoms with E-state index in [2.05, 4.69) is 48.8 Å². The van der Waals surface area contributed by atoms with Crippen molar-refractivity contribution in [2.24, 2.45) is 5.41 Å². The maximum atomic E-state index is 2.67. The maximum Gasteiger partial charge on any atom is 0.0214 e. The first-order valence-electron chi connectivity index (χ1n) is 8.24. The quantitative estimate of drug-likeness (QED) is 0.697. The SMILES string of the molecule is CC(C)SN(C)CCN1CCC2(CC1)CN(C(C)C)C2. The summed E-state index contributed by atoms with van der Waals surface area (Å²) in [5.74, 6) is 0. The lowest BCUT2D eigenvalue weighted by Crippen LogP contribution is -2.62. The van der Waals surface area contributed by atoms with E-state index >= 15 is 0 Å². The zero-order chi connectivity index (χ0) is 14.8. The van der Waals surface area contributed by atoms with Crippen LogP contribution < -0.4 is 0 Å². The van der Waals surface area contributed by atoms with Gasteiger partial charge in [-0.2, -0.15) is 0 Å². The summed E-state index contributed by atoms with van der Waals surface area (Å²) in [6.07, 6.45) is 2.83. The molecule has 0 radical (unpaired) electrons. The molecular weight excluding hydrogens is 266 g/mol. The van der Waals surface area contributed by atoms with Gasteiger partial charge in [-0.3, -0.25) is 9.21 Å². The molecule has 20 heavy (non-hydrogen) atoms. The van der Waals surface area contributed by atoms with Crippen LogP contribution in [0.5, 0.6) is 0 Å². The number of hydrogen-bond acceptors (Lipinski definition) is 4. The molecule has 0 amide bonds. The summed E-state index contributed by atoms with van der Waals surface area (Å²) in [7, 11) is 2.22. The molecule has 0 aromatic carbocycles. The first-order chi connectivity index (χ1) is 9.40. The van der Waals surface area contributed by atoms with Crippen molar-refractivity contribution in [1.29, 1.82) is 0 Å². The number of likely N-dealkylation sites (tertiary alicyclic amines) is 2. The predicted octanol–water partition coefficient (Wildman–Crippen LogP) is 2.78. The van der Waals surface area contributed by atoms with E-state index < -0.39 is 0 Å². The Bertz CT molecular complexity index is 290. The predicted molar refractivity (Wildman–Crippen MR) is 90.2 cm³/mol. The van der Waals surface area contributed by atoms with Crippen molar-refractivity contribution >= 4 is 11.9 Å². The van der Waals surface area contributed by atoms with Gasteiger partial charge in [-0.15, -0.1) is 0 Å². The zero-order valence-corrected chi connectivity index (χ0v) is 14.9. The minimum atomic E-state index is 0.680. The van der Waals surface area contributed by atoms with Crippen molar-refractivity contribution < 1.29 is 0 Å². The number of hydrogen-bond donors (Lipinski definition) is 0. The molecule has 2 aliphatic rings. The molecule has 0 bridgehead atoms. The van der Waals surface area contributed by atoms with Crippen molar-refractivity contribution in [1.82, 2.24) is 14.1 Å². The van der Waals surface area contributed by atoms with Gasteiger partial charge >= 0.3 is 0 Å². The van der Waals surface area contributed by atoms with Gasteiger partial charge in [-0.05, 0) is 52.2 Å². The smallest absolute Gasteiger partial charge is 0.0214 e. The highest BCUT2D eigenvalue weighted by molar-refractivity contribution is 7.97. The highest BCUT2D eigenvalue weighted by Crippen LogP contribution is 2.41. The van der Waals surface area contributed by atoms with Crippen molar-refractivity contribution in [3.8, 4) is 0 Å². The third-order valence-corrected chi connectivity index (χ3v) is 5.81. The Hall–Kier alpha value is 0.230. The van der Waals surface area contributed by atoms with Gasteiger partial charge in [0, 0.05) is 37.5 Å². The molecular formula is C16H33N3S. The lowest BCUT2D eigenvalue weighted by Gasteiger charge is -2.55. The van der Waals surface area contributed by atoms with Crippen LogP contribution >= 0.6 is 11.9 Å². The van der Waals surface area contributed by atoms with Crippen molar-refractivity contribution in [3.63, 3.8) is 0 Å². The lowest BCUT2D eigenvalue weighted by atomic mass is 9.71. The second-order valence-corrected chi connectivity index (χ2v) is 9.12. The largest absolute Gasteiger partial charge is 0.302 e. The molecule has 1 spiro atoms. The summed E-state index contributed by atoms with van der Waals surface area (Å²) in [5, 5.41) is 0.696. The minimum absolute atomic E-state index is 0.680. The Morgan fingerprint density at radius 3 is 2.20 bits per heavy atom. The van der Waals surface area contributed by atoms with E-state index in [0.717, 1.165) is 6.04 Å². The molecule has 0 aliphatic carbocycles. The first kappa shape index (κ1) is 16.6. The van der Waals surface area contributed by atoms with Crippen LogP contribution in [0.2, 0.25) is 0 Å². The summed E-state index contributed by atoms with van der Waals surface area (Å²) in [4.78, 5) is 5.30. The lowest BCUT2D eigenvalue weighted by molar-refractivity contribution is -0.0622. The van der Waals surface area contributed by atoms with Crippen LogP contribution in [-0.4, -0.2) is 71.7 Å². The van der Waals surface area contributed by atoms with E-state index in [-0.39, 0.29) is 0 Å². The molecule has 2 rings (SSSR count). The van der Waals surface area contributed by atoms with Gasteiger partial charge in [0.05, 0.1) is 0 Å². The fraction of sp³-hybridized carbons (Fsp3) is 1.00. The average molecular weight is 300 g/mol. The molecule has 0 saturated carbocycles. The van der Waals surface area contributed by atoms with Gasteiger partial charge in [0.25, 0.3) is 0 Å². The van der Waals surface area contributed by atoms with Crippen LogP contribution in [-0.2, 0) is 0 Å². The third kappa shape index (κ3) is 4.36. The highest BCUT2D eigenvalue weighted by Gasteiger charge is 2.45. The Morgan fingerprint density at radius 2 is 1.70 bits per heavy atom. The van der Waals surface area contributed by atoms with Crippen LogP contribution in [0.1, 0.15) is 40.5 Å². The average Bonchev–Trinajstić information content (AvgIpc) is 2.33. The van der Waals surface area contributed by atoms with E-state index in [4.69, 9.17) is 0 Å². The molecule has 0 aromatic rings. The Balaban J connectivity index is 1.63. The summed E-state index contributed by atoms with van der Waals surface area (Å²) >= 11 is 1.96. The maximum absolute atomic E-state index is 2.67. The number of likely N-dealkylation sites (N-methyl/N-ethyl adjacent to an activating group) is 1. The van der Waals surface area contributed by atoms with Crippen molar-refractivity contribution in [3.05, 3.63) is 0 Å². The third-order valence-electron chi connectivity index (χ3n) is 4.85. The van der Waals surface area contributed by atoms with Crippen LogP contribution in [0.25, 0.3) is 0 Å². The Morgan fingerprint density at radius 1 is 1.10 bits per heavy atom. The summed E-state index contributed by atoms with van der Waals surface area (Å²) in [6.45, 7) is 16.9. The molecule has 4 heteroatoms. The zero-order valence-electron chi connectivity index (χ0n) is 14.1. The molecule has 2 fully saturated rings. The van der Waals surface area contributed by atoms with E-state index in [1.54, 1.807) is 0 Å². The number of nitrogens with zero attached hydrogens (tertiary/aromatic N) is 3. The van der Waals surface area contributed by atoms with Gasteiger partial charge < -0.3 is 4.90 Å². The standard InChI is InChI=1S/C16H33N3S/c1-14(2)19-12-16(13-19)6-8-18(9-7-16)11-10-17(5)20-15(3)4/h14-15H,6-13H2,1-5H3. The topological polar surface area (TPSA) is 9.72 Å². The van der Waals surface area contributed by atoms with Crippen molar-refractivity contribution in [2.75, 3.05) is 46.3 Å². The van der Waals surface area contributed by atoms with Gasteiger partial charge in [-0.25, -0.2) is 0 Å². The monoisotopic (exact) mass is 299 g/mol. The summed E-state index contributed by atoms with van der Waals surface area (Å²) in [6, 6.07) is 0.736. The van der Waals surface area contributed by atoms with E-state index in [0.29, 0.717) is 10.7 Å². The highest BCUT2D eigenvalue weighted by atomic mass is 32.2. The van der Waals surface area contributed by atoms with Crippen LogP contribution in [0.4, 0.5) is 0 Å². The van der Waals surface area contributed by atoms with Crippen molar-refractivity contribution in [2.45, 2.75) is 51.8 Å². The van der Waals surface area contributed by atoms with Gasteiger partial charge in [0.2, 0.25) is 0 Å². The molecule has 3 nitrogen and oxygen atoms in total. The van der Waals surface area contributed by atoms with Gasteiger partial charge in [0.15, 0.2) is 0 Å². The van der Waals surface area contributed by atoms with Crippen LogP contribution in [0, 0.1) is 5.41 Å². The van der Waals surface area contributed by atoms with E-state index in [9.17, 15) is 0 Å².